The Labute approximate surface area is 51.8 Å². The van der Waals surface area contributed by atoms with Gasteiger partial charge in [0.25, 0.3) is 0 Å². The van der Waals surface area contributed by atoms with Crippen LogP contribution in [-0.2, 0) is 11.1 Å². The van der Waals surface area contributed by atoms with E-state index in [0.29, 0.717) is 0 Å². The van der Waals surface area contributed by atoms with Crippen LogP contribution in [0.3, 0.4) is 0 Å². The zero-order chi connectivity index (χ0) is 6.41. The molecule has 0 aromatic rings. The van der Waals surface area contributed by atoms with Crippen LogP contribution in [0.25, 0.3) is 0 Å². The van der Waals surface area contributed by atoms with Gasteiger partial charge in [-0.1, -0.05) is 6.92 Å². The lowest BCUT2D eigenvalue weighted by atomic mass is 10.5. The molecule has 0 rings (SSSR count). The molecule has 0 radical (unpaired) electrons. The first-order chi connectivity index (χ1) is 3.77. The molecule has 0 aromatic heterocycles. The molecule has 0 amide bonds. The molecular weight excluding hydrogens is 126 g/mol. The molecule has 1 unspecified atom stereocenters. The Balaban J connectivity index is 2.82. The molecule has 3 nitrogen and oxygen atoms in total. The van der Waals surface area contributed by atoms with Crippen LogP contribution in [0.2, 0.25) is 0 Å². The molecule has 0 saturated carbocycles. The van der Waals surface area contributed by atoms with E-state index in [0.717, 1.165) is 13.0 Å². The van der Waals surface area contributed by atoms with Gasteiger partial charge in [0.05, 0.1) is 5.88 Å². The van der Waals surface area contributed by atoms with E-state index in [-0.39, 0.29) is 5.88 Å². The van der Waals surface area contributed by atoms with Crippen molar-refractivity contribution >= 4 is 11.1 Å². The highest BCUT2D eigenvalue weighted by atomic mass is 32.2. The molecule has 1 atom stereocenters. The molecule has 0 aliphatic rings. The number of nitrogens with one attached hydrogen (secondary N) is 1. The van der Waals surface area contributed by atoms with Crippen molar-refractivity contribution in [1.29, 1.82) is 0 Å². The largest absolute Gasteiger partial charge is 0.305 e. The van der Waals surface area contributed by atoms with Gasteiger partial charge >= 0.3 is 0 Å². The van der Waals surface area contributed by atoms with Gasteiger partial charge in [-0.15, -0.1) is 0 Å². The van der Waals surface area contributed by atoms with Gasteiger partial charge in [0, 0.05) is 0 Å². The van der Waals surface area contributed by atoms with Crippen molar-refractivity contribution in [2.45, 2.75) is 13.3 Å². The van der Waals surface area contributed by atoms with Crippen LogP contribution in [0, 0.1) is 0 Å². The standard InChI is InChI=1S/C4H11NO2S/c1-2-3-5-4-8(6)7/h5H,2-4H2,1H3,(H,6,7). The van der Waals surface area contributed by atoms with Crippen molar-refractivity contribution in [3.05, 3.63) is 0 Å². The summed E-state index contributed by atoms with van der Waals surface area (Å²) in [6.07, 6.45) is 0.997. The summed E-state index contributed by atoms with van der Waals surface area (Å²) in [7, 11) is 0. The van der Waals surface area contributed by atoms with Gasteiger partial charge in [-0.3, -0.25) is 0 Å². The molecule has 0 aliphatic carbocycles. The van der Waals surface area contributed by atoms with E-state index in [1.54, 1.807) is 0 Å². The highest BCUT2D eigenvalue weighted by Gasteiger charge is 1.87. The maximum absolute atomic E-state index is 9.92. The second kappa shape index (κ2) is 5.21. The summed E-state index contributed by atoms with van der Waals surface area (Å²) in [5.41, 5.74) is 0. The first-order valence-corrected chi connectivity index (χ1v) is 3.83. The van der Waals surface area contributed by atoms with E-state index in [9.17, 15) is 4.21 Å². The van der Waals surface area contributed by atoms with Crippen LogP contribution in [0.4, 0.5) is 0 Å². The summed E-state index contributed by atoms with van der Waals surface area (Å²) < 4.78 is 18.1. The van der Waals surface area contributed by atoms with Crippen LogP contribution in [0.5, 0.6) is 0 Å². The average Bonchev–Trinajstić information content (AvgIpc) is 1.66. The van der Waals surface area contributed by atoms with Crippen molar-refractivity contribution in [2.75, 3.05) is 12.4 Å². The minimum absolute atomic E-state index is 0.188. The Bertz CT molecular complexity index is 76.4. The van der Waals surface area contributed by atoms with E-state index >= 15 is 0 Å². The van der Waals surface area contributed by atoms with E-state index in [2.05, 4.69) is 5.32 Å². The third-order valence-corrected chi connectivity index (χ3v) is 1.10. The lowest BCUT2D eigenvalue weighted by Gasteiger charge is -1.95. The van der Waals surface area contributed by atoms with Crippen molar-refractivity contribution in [3.8, 4) is 0 Å². The third-order valence-electron chi connectivity index (χ3n) is 0.652. The van der Waals surface area contributed by atoms with E-state index in [4.69, 9.17) is 4.55 Å². The van der Waals surface area contributed by atoms with Crippen molar-refractivity contribution in [3.63, 3.8) is 0 Å². The van der Waals surface area contributed by atoms with Gasteiger partial charge in [0.1, 0.15) is 0 Å². The zero-order valence-electron chi connectivity index (χ0n) is 4.89. The monoisotopic (exact) mass is 137 g/mol. The van der Waals surface area contributed by atoms with Crippen LogP contribution in [0.1, 0.15) is 13.3 Å². The summed E-state index contributed by atoms with van der Waals surface area (Å²) in [6, 6.07) is 0. The fourth-order valence-corrected chi connectivity index (χ4v) is 0.655. The lowest BCUT2D eigenvalue weighted by molar-refractivity contribution is 0.555. The predicted molar refractivity (Wildman–Crippen MR) is 33.9 cm³/mol. The van der Waals surface area contributed by atoms with Gasteiger partial charge in [-0.2, -0.15) is 0 Å². The van der Waals surface area contributed by atoms with Crippen LogP contribution < -0.4 is 5.32 Å². The lowest BCUT2D eigenvalue weighted by Crippen LogP contribution is -2.19. The van der Waals surface area contributed by atoms with Crippen molar-refractivity contribution in [1.82, 2.24) is 5.32 Å². The fourth-order valence-electron chi connectivity index (χ4n) is 0.336. The highest BCUT2D eigenvalue weighted by molar-refractivity contribution is 7.79. The first-order valence-electron chi connectivity index (χ1n) is 2.55. The van der Waals surface area contributed by atoms with Crippen LogP contribution in [-0.4, -0.2) is 21.2 Å². The smallest absolute Gasteiger partial charge is 0.167 e. The Morgan fingerprint density at radius 2 is 2.38 bits per heavy atom. The van der Waals surface area contributed by atoms with Crippen LogP contribution in [0.15, 0.2) is 0 Å². The first kappa shape index (κ1) is 8.07. The molecule has 0 fully saturated rings. The third kappa shape index (κ3) is 6.07. The highest BCUT2D eigenvalue weighted by Crippen LogP contribution is 1.70. The van der Waals surface area contributed by atoms with Gasteiger partial charge in [0.2, 0.25) is 0 Å². The molecule has 4 heteroatoms. The molecule has 0 aliphatic heterocycles. The molecule has 50 valence electrons. The Morgan fingerprint density at radius 3 is 2.75 bits per heavy atom. The number of hydrogen-bond donors (Lipinski definition) is 2. The minimum Gasteiger partial charge on any atom is -0.305 e. The van der Waals surface area contributed by atoms with E-state index < -0.39 is 11.1 Å². The van der Waals surface area contributed by atoms with Crippen LogP contribution >= 0.6 is 0 Å². The van der Waals surface area contributed by atoms with Crippen molar-refractivity contribution < 1.29 is 8.76 Å². The average molecular weight is 137 g/mol. The quantitative estimate of drug-likeness (QED) is 0.429. The minimum atomic E-state index is -1.68. The predicted octanol–water partition coefficient (Wildman–Crippen LogP) is 0.165. The summed E-state index contributed by atoms with van der Waals surface area (Å²) in [5, 5.41) is 2.78. The van der Waals surface area contributed by atoms with Crippen molar-refractivity contribution in [2.24, 2.45) is 0 Å². The fraction of sp³-hybridized carbons (Fsp3) is 1.00. The molecule has 2 N–H and O–H groups in total. The Kier molecular flexibility index (Phi) is 5.26. The second-order valence-corrected chi connectivity index (χ2v) is 2.40. The van der Waals surface area contributed by atoms with Gasteiger partial charge in [-0.05, 0) is 13.0 Å². The number of rotatable bonds is 4. The molecule has 0 heterocycles. The van der Waals surface area contributed by atoms with Gasteiger partial charge in [0.15, 0.2) is 11.1 Å². The Morgan fingerprint density at radius 1 is 1.75 bits per heavy atom. The van der Waals surface area contributed by atoms with Gasteiger partial charge in [-0.25, -0.2) is 4.21 Å². The summed E-state index contributed by atoms with van der Waals surface area (Å²) in [6.45, 7) is 2.82. The zero-order valence-corrected chi connectivity index (χ0v) is 5.70. The Hall–Kier alpha value is 0.0700. The number of hydrogen-bond acceptors (Lipinski definition) is 2. The summed E-state index contributed by atoms with van der Waals surface area (Å²) in [4.78, 5) is 0. The molecule has 0 aromatic carbocycles. The van der Waals surface area contributed by atoms with E-state index in [1.165, 1.54) is 0 Å². The molecular formula is C4H11NO2S. The molecule has 0 spiro atoms. The normalized spacial score (nSPS) is 13.8. The second-order valence-electron chi connectivity index (χ2n) is 1.47. The van der Waals surface area contributed by atoms with Gasteiger partial charge < -0.3 is 9.87 Å². The summed E-state index contributed by atoms with van der Waals surface area (Å²) in [5.74, 6) is 0.188. The maximum atomic E-state index is 9.92. The molecule has 0 saturated heterocycles. The summed E-state index contributed by atoms with van der Waals surface area (Å²) >= 11 is -1.68. The topological polar surface area (TPSA) is 49.3 Å². The van der Waals surface area contributed by atoms with E-state index in [1.807, 2.05) is 6.92 Å². The molecule has 8 heavy (non-hydrogen) atoms. The maximum Gasteiger partial charge on any atom is 0.167 e. The SMILES string of the molecule is CCCNCS(=O)O. The molecule has 0 bridgehead atoms.